The Bertz CT molecular complexity index is 915. The van der Waals surface area contributed by atoms with Crippen LogP contribution in [0.5, 0.6) is 0 Å². The van der Waals surface area contributed by atoms with E-state index in [1.807, 2.05) is 30.3 Å². The van der Waals surface area contributed by atoms with Gasteiger partial charge in [-0.2, -0.15) is 0 Å². The van der Waals surface area contributed by atoms with Gasteiger partial charge in [-0.25, -0.2) is 13.1 Å². The minimum atomic E-state index is -3.75. The quantitative estimate of drug-likeness (QED) is 0.571. The molecule has 3 atom stereocenters. The average molecular weight is 375 g/mol. The molecular formula is C18H21N3O4S. The maximum Gasteiger partial charge on any atom is 0.293 e. The number of anilines is 1. The fourth-order valence-corrected chi connectivity index (χ4v) is 3.90. The summed E-state index contributed by atoms with van der Waals surface area (Å²) in [4.78, 5) is 10.8. The summed E-state index contributed by atoms with van der Waals surface area (Å²) in [6.45, 7) is 2.15. The van der Waals surface area contributed by atoms with Gasteiger partial charge in [0.25, 0.3) is 5.69 Å². The molecule has 0 radical (unpaired) electrons. The maximum atomic E-state index is 11.9. The Morgan fingerprint density at radius 3 is 2.38 bits per heavy atom. The van der Waals surface area contributed by atoms with E-state index in [9.17, 15) is 18.5 Å². The lowest BCUT2D eigenvalue weighted by atomic mass is 10.0. The van der Waals surface area contributed by atoms with Crippen LogP contribution in [0.15, 0.2) is 53.4 Å². The third kappa shape index (κ3) is 3.71. The van der Waals surface area contributed by atoms with Crippen LogP contribution in [0.2, 0.25) is 0 Å². The standard InChI is InChI=1S/C18H21N3O4S/c1-12-10-15(12)18(13-6-4-3-5-7-13)20-16-9-8-14(26(24,25)19-2)11-17(16)21(22)23/h3-9,11-12,15,18-20H,10H2,1-2H3. The van der Waals surface area contributed by atoms with Crippen LogP contribution in [-0.2, 0) is 10.0 Å². The van der Waals surface area contributed by atoms with E-state index in [2.05, 4.69) is 17.0 Å². The molecule has 0 amide bonds. The number of hydrogen-bond acceptors (Lipinski definition) is 5. The van der Waals surface area contributed by atoms with E-state index < -0.39 is 14.9 Å². The first-order valence-corrected chi connectivity index (χ1v) is 9.85. The largest absolute Gasteiger partial charge is 0.372 e. The Kier molecular flexibility index (Phi) is 4.97. The van der Waals surface area contributed by atoms with Crippen molar-refractivity contribution in [3.05, 3.63) is 64.2 Å². The summed E-state index contributed by atoms with van der Waals surface area (Å²) in [5.41, 5.74) is 1.12. The molecule has 3 unspecified atom stereocenters. The maximum absolute atomic E-state index is 11.9. The zero-order chi connectivity index (χ0) is 18.9. The molecule has 2 aromatic carbocycles. The fourth-order valence-electron chi connectivity index (χ4n) is 3.15. The smallest absolute Gasteiger partial charge is 0.293 e. The number of benzene rings is 2. The first-order chi connectivity index (χ1) is 12.3. The van der Waals surface area contributed by atoms with E-state index in [-0.39, 0.29) is 16.6 Å². The van der Waals surface area contributed by atoms with Gasteiger partial charge in [-0.1, -0.05) is 37.3 Å². The number of rotatable bonds is 7. The van der Waals surface area contributed by atoms with Crippen molar-refractivity contribution in [2.75, 3.05) is 12.4 Å². The highest BCUT2D eigenvalue weighted by molar-refractivity contribution is 7.89. The Hall–Kier alpha value is -2.45. The number of hydrogen-bond donors (Lipinski definition) is 2. The molecule has 0 aliphatic heterocycles. The van der Waals surface area contributed by atoms with Gasteiger partial charge in [0.05, 0.1) is 15.9 Å². The lowest BCUT2D eigenvalue weighted by Gasteiger charge is -2.21. The van der Waals surface area contributed by atoms with Crippen LogP contribution in [0.25, 0.3) is 0 Å². The van der Waals surface area contributed by atoms with E-state index in [4.69, 9.17) is 0 Å². The van der Waals surface area contributed by atoms with Crippen molar-refractivity contribution in [3.8, 4) is 0 Å². The molecule has 2 N–H and O–H groups in total. The summed E-state index contributed by atoms with van der Waals surface area (Å²) in [6.07, 6.45) is 1.05. The second-order valence-electron chi connectivity index (χ2n) is 6.55. The second-order valence-corrected chi connectivity index (χ2v) is 8.44. The topological polar surface area (TPSA) is 101 Å². The molecule has 0 bridgehead atoms. The van der Waals surface area contributed by atoms with E-state index in [1.54, 1.807) is 0 Å². The normalized spacial score (nSPS) is 20.4. The zero-order valence-corrected chi connectivity index (χ0v) is 15.4. The molecule has 1 aliphatic carbocycles. The van der Waals surface area contributed by atoms with Crippen LogP contribution in [0.1, 0.15) is 24.9 Å². The molecule has 138 valence electrons. The highest BCUT2D eigenvalue weighted by atomic mass is 32.2. The summed E-state index contributed by atoms with van der Waals surface area (Å²) in [5.74, 6) is 0.924. The molecule has 0 heterocycles. The van der Waals surface area contributed by atoms with Crippen LogP contribution in [0.4, 0.5) is 11.4 Å². The molecular weight excluding hydrogens is 354 g/mol. The van der Waals surface area contributed by atoms with Crippen LogP contribution >= 0.6 is 0 Å². The van der Waals surface area contributed by atoms with E-state index in [1.165, 1.54) is 19.2 Å². The van der Waals surface area contributed by atoms with Crippen LogP contribution < -0.4 is 10.0 Å². The zero-order valence-electron chi connectivity index (χ0n) is 14.5. The lowest BCUT2D eigenvalue weighted by molar-refractivity contribution is -0.384. The number of nitro groups is 1. The highest BCUT2D eigenvalue weighted by Gasteiger charge is 2.40. The number of sulfonamides is 1. The van der Waals surface area contributed by atoms with Crippen molar-refractivity contribution < 1.29 is 13.3 Å². The molecule has 0 aromatic heterocycles. The monoisotopic (exact) mass is 375 g/mol. The Morgan fingerprint density at radius 2 is 1.85 bits per heavy atom. The Labute approximate surface area is 152 Å². The summed E-state index contributed by atoms with van der Waals surface area (Å²) in [5, 5.41) is 14.8. The van der Waals surface area contributed by atoms with Crippen molar-refractivity contribution in [3.63, 3.8) is 0 Å². The molecule has 8 heteroatoms. The summed E-state index contributed by atoms with van der Waals surface area (Å²) in [7, 11) is -2.48. The highest BCUT2D eigenvalue weighted by Crippen LogP contribution is 2.49. The third-order valence-electron chi connectivity index (χ3n) is 4.81. The summed E-state index contributed by atoms with van der Waals surface area (Å²) >= 11 is 0. The van der Waals surface area contributed by atoms with Crippen LogP contribution in [-0.4, -0.2) is 20.4 Å². The van der Waals surface area contributed by atoms with Gasteiger partial charge in [-0.05, 0) is 43.0 Å². The predicted octanol–water partition coefficient (Wildman–Crippen LogP) is 3.31. The van der Waals surface area contributed by atoms with Crippen molar-refractivity contribution in [1.29, 1.82) is 0 Å². The Balaban J connectivity index is 1.98. The summed E-state index contributed by atoms with van der Waals surface area (Å²) in [6, 6.07) is 13.7. The van der Waals surface area contributed by atoms with E-state index >= 15 is 0 Å². The first kappa shape index (κ1) is 18.3. The molecule has 1 aliphatic rings. The van der Waals surface area contributed by atoms with Crippen molar-refractivity contribution in [2.45, 2.75) is 24.3 Å². The Morgan fingerprint density at radius 1 is 1.19 bits per heavy atom. The molecule has 2 aromatic rings. The summed E-state index contributed by atoms with van der Waals surface area (Å²) < 4.78 is 26.0. The molecule has 7 nitrogen and oxygen atoms in total. The van der Waals surface area contributed by atoms with Gasteiger partial charge in [-0.15, -0.1) is 0 Å². The molecule has 1 fully saturated rings. The number of nitrogens with zero attached hydrogens (tertiary/aromatic N) is 1. The van der Waals surface area contributed by atoms with Gasteiger partial charge in [-0.3, -0.25) is 10.1 Å². The van der Waals surface area contributed by atoms with E-state index in [0.29, 0.717) is 17.5 Å². The van der Waals surface area contributed by atoms with Gasteiger partial charge >= 0.3 is 0 Å². The predicted molar refractivity (Wildman–Crippen MR) is 99.4 cm³/mol. The molecule has 3 rings (SSSR count). The third-order valence-corrected chi connectivity index (χ3v) is 6.23. The number of nitro benzene ring substituents is 1. The van der Waals surface area contributed by atoms with Gasteiger partial charge in [0.1, 0.15) is 5.69 Å². The molecule has 1 saturated carbocycles. The molecule has 0 saturated heterocycles. The van der Waals surface area contributed by atoms with E-state index in [0.717, 1.165) is 18.1 Å². The lowest BCUT2D eigenvalue weighted by Crippen LogP contribution is -2.19. The first-order valence-electron chi connectivity index (χ1n) is 8.37. The van der Waals surface area contributed by atoms with Crippen LogP contribution in [0, 0.1) is 22.0 Å². The van der Waals surface area contributed by atoms with Crippen molar-refractivity contribution in [1.82, 2.24) is 4.72 Å². The minimum absolute atomic E-state index is 0.0587. The van der Waals surface area contributed by atoms with Crippen molar-refractivity contribution in [2.24, 2.45) is 11.8 Å². The van der Waals surface area contributed by atoms with Gasteiger partial charge < -0.3 is 5.32 Å². The molecule has 26 heavy (non-hydrogen) atoms. The van der Waals surface area contributed by atoms with Crippen molar-refractivity contribution >= 4 is 21.4 Å². The SMILES string of the molecule is CNS(=O)(=O)c1ccc(NC(c2ccccc2)C2CC2C)c([N+](=O)[O-])c1. The average Bonchev–Trinajstić information content (AvgIpc) is 3.36. The van der Waals surface area contributed by atoms with Gasteiger partial charge in [0.15, 0.2) is 0 Å². The minimum Gasteiger partial charge on any atom is -0.372 e. The van der Waals surface area contributed by atoms with Gasteiger partial charge in [0.2, 0.25) is 10.0 Å². The van der Waals surface area contributed by atoms with Crippen LogP contribution in [0.3, 0.4) is 0 Å². The number of nitrogens with one attached hydrogen (secondary N) is 2. The second kappa shape index (κ2) is 7.05. The fraction of sp³-hybridized carbons (Fsp3) is 0.333. The van der Waals surface area contributed by atoms with Gasteiger partial charge in [0, 0.05) is 6.07 Å². The molecule has 0 spiro atoms.